The lowest BCUT2D eigenvalue weighted by molar-refractivity contribution is 0.0194. The first-order chi connectivity index (χ1) is 7.35. The highest BCUT2D eigenvalue weighted by Gasteiger charge is 2.42. The third kappa shape index (κ3) is 2.48. The van der Waals surface area contributed by atoms with Gasteiger partial charge in [0, 0.05) is 12.6 Å². The van der Waals surface area contributed by atoms with E-state index in [2.05, 4.69) is 0 Å². The molecule has 1 saturated heterocycles. The Labute approximate surface area is 96.6 Å². The van der Waals surface area contributed by atoms with Crippen molar-refractivity contribution in [1.29, 1.82) is 0 Å². The van der Waals surface area contributed by atoms with Gasteiger partial charge in [-0.3, -0.25) is 0 Å². The van der Waals surface area contributed by atoms with E-state index in [1.807, 2.05) is 20.8 Å². The third-order valence-corrected chi connectivity index (χ3v) is 3.28. The molecule has 3 unspecified atom stereocenters. The SMILES string of the molecule is CC(C)(C)OC(=O)N1CC2CC(O)CC1C2. The van der Waals surface area contributed by atoms with Crippen molar-refractivity contribution < 1.29 is 14.6 Å². The highest BCUT2D eigenvalue weighted by Crippen LogP contribution is 2.36. The summed E-state index contributed by atoms with van der Waals surface area (Å²) in [6.07, 6.45) is 2.09. The number of carbonyl (C=O) groups is 1. The van der Waals surface area contributed by atoms with Crippen LogP contribution in [0.2, 0.25) is 0 Å². The molecule has 2 bridgehead atoms. The zero-order chi connectivity index (χ0) is 11.9. The van der Waals surface area contributed by atoms with Gasteiger partial charge in [-0.1, -0.05) is 0 Å². The van der Waals surface area contributed by atoms with Crippen LogP contribution in [0.3, 0.4) is 0 Å². The van der Waals surface area contributed by atoms with Crippen LogP contribution in [0.15, 0.2) is 0 Å². The number of hydrogen-bond acceptors (Lipinski definition) is 3. The monoisotopic (exact) mass is 227 g/mol. The maximum absolute atomic E-state index is 11.9. The van der Waals surface area contributed by atoms with Crippen LogP contribution in [0.1, 0.15) is 40.0 Å². The average molecular weight is 227 g/mol. The lowest BCUT2D eigenvalue weighted by atomic mass is 9.88. The fourth-order valence-corrected chi connectivity index (χ4v) is 2.75. The van der Waals surface area contributed by atoms with E-state index in [1.165, 1.54) is 0 Å². The lowest BCUT2D eigenvalue weighted by Crippen LogP contribution is -2.40. The highest BCUT2D eigenvalue weighted by molar-refractivity contribution is 5.69. The molecule has 92 valence electrons. The fourth-order valence-electron chi connectivity index (χ4n) is 2.75. The third-order valence-electron chi connectivity index (χ3n) is 3.28. The summed E-state index contributed by atoms with van der Waals surface area (Å²) in [5.41, 5.74) is -0.438. The average Bonchev–Trinajstić information content (AvgIpc) is 2.38. The van der Waals surface area contributed by atoms with Crippen molar-refractivity contribution in [3.8, 4) is 0 Å². The Kier molecular flexibility index (Phi) is 2.86. The Balaban J connectivity index is 1.98. The Morgan fingerprint density at radius 3 is 2.62 bits per heavy atom. The molecule has 1 N–H and O–H groups in total. The van der Waals surface area contributed by atoms with Gasteiger partial charge in [0.1, 0.15) is 5.60 Å². The van der Waals surface area contributed by atoms with Crippen LogP contribution in [0.5, 0.6) is 0 Å². The first kappa shape index (κ1) is 11.7. The van der Waals surface area contributed by atoms with E-state index in [9.17, 15) is 9.90 Å². The highest BCUT2D eigenvalue weighted by atomic mass is 16.6. The maximum Gasteiger partial charge on any atom is 0.410 e. The van der Waals surface area contributed by atoms with Crippen LogP contribution in [-0.4, -0.2) is 40.4 Å². The number of aliphatic hydroxyl groups is 1. The van der Waals surface area contributed by atoms with E-state index in [-0.39, 0.29) is 18.2 Å². The molecule has 0 aromatic rings. The van der Waals surface area contributed by atoms with Crippen molar-refractivity contribution in [3.05, 3.63) is 0 Å². The Bertz CT molecular complexity index is 284. The summed E-state index contributed by atoms with van der Waals surface area (Å²) in [5, 5.41) is 9.64. The summed E-state index contributed by atoms with van der Waals surface area (Å²) in [5.74, 6) is 0.460. The van der Waals surface area contributed by atoms with Crippen molar-refractivity contribution >= 4 is 6.09 Å². The van der Waals surface area contributed by atoms with Gasteiger partial charge in [0.2, 0.25) is 0 Å². The van der Waals surface area contributed by atoms with Gasteiger partial charge in [-0.15, -0.1) is 0 Å². The fraction of sp³-hybridized carbons (Fsp3) is 0.917. The molecule has 0 aromatic heterocycles. The maximum atomic E-state index is 11.9. The predicted octanol–water partition coefficient (Wildman–Crippen LogP) is 1.77. The number of hydrogen-bond donors (Lipinski definition) is 1. The van der Waals surface area contributed by atoms with Crippen LogP contribution in [0.25, 0.3) is 0 Å². The molecule has 1 heterocycles. The van der Waals surface area contributed by atoms with Gasteiger partial charge in [-0.2, -0.15) is 0 Å². The van der Waals surface area contributed by atoms with Gasteiger partial charge in [0.05, 0.1) is 6.10 Å². The Hall–Kier alpha value is -0.770. The minimum Gasteiger partial charge on any atom is -0.444 e. The molecule has 0 spiro atoms. The van der Waals surface area contributed by atoms with E-state index in [0.29, 0.717) is 12.3 Å². The standard InChI is InChI=1S/C12H21NO3/c1-12(2,3)16-11(15)13-7-8-4-9(13)6-10(14)5-8/h8-10,14H,4-7H2,1-3H3. The van der Waals surface area contributed by atoms with Gasteiger partial charge >= 0.3 is 6.09 Å². The Morgan fingerprint density at radius 1 is 1.31 bits per heavy atom. The summed E-state index contributed by atoms with van der Waals surface area (Å²) >= 11 is 0. The van der Waals surface area contributed by atoms with E-state index in [1.54, 1.807) is 4.90 Å². The molecule has 0 aromatic carbocycles. The van der Waals surface area contributed by atoms with Gasteiger partial charge < -0.3 is 14.7 Å². The summed E-state index contributed by atoms with van der Waals surface area (Å²) < 4.78 is 5.37. The molecule has 4 nitrogen and oxygen atoms in total. The van der Waals surface area contributed by atoms with E-state index >= 15 is 0 Å². The van der Waals surface area contributed by atoms with Gasteiger partial charge in [0.25, 0.3) is 0 Å². The normalized spacial score (nSPS) is 34.0. The van der Waals surface area contributed by atoms with Crippen molar-refractivity contribution in [3.63, 3.8) is 0 Å². The second kappa shape index (κ2) is 3.91. The molecule has 1 aliphatic carbocycles. The number of ether oxygens (including phenoxy) is 1. The number of fused-ring (bicyclic) bond motifs is 2. The molecular weight excluding hydrogens is 206 g/mol. The van der Waals surface area contributed by atoms with Crippen LogP contribution in [-0.2, 0) is 4.74 Å². The van der Waals surface area contributed by atoms with Gasteiger partial charge in [0.15, 0.2) is 0 Å². The van der Waals surface area contributed by atoms with Crippen LogP contribution < -0.4 is 0 Å². The number of likely N-dealkylation sites (tertiary alicyclic amines) is 1. The summed E-state index contributed by atoms with van der Waals surface area (Å²) in [6, 6.07) is 0.184. The molecule has 1 aliphatic heterocycles. The molecule has 2 fully saturated rings. The van der Waals surface area contributed by atoms with E-state index in [0.717, 1.165) is 19.4 Å². The number of nitrogens with zero attached hydrogens (tertiary/aromatic N) is 1. The molecule has 4 heteroatoms. The zero-order valence-corrected chi connectivity index (χ0v) is 10.3. The second-order valence-electron chi connectivity index (χ2n) is 6.01. The minimum atomic E-state index is -0.438. The Morgan fingerprint density at radius 2 is 2.00 bits per heavy atom. The summed E-state index contributed by atoms with van der Waals surface area (Å²) in [4.78, 5) is 13.7. The first-order valence-corrected chi connectivity index (χ1v) is 6.03. The van der Waals surface area contributed by atoms with Crippen LogP contribution >= 0.6 is 0 Å². The summed E-state index contributed by atoms with van der Waals surface area (Å²) in [6.45, 7) is 6.38. The lowest BCUT2D eigenvalue weighted by Gasteiger charge is -2.29. The molecule has 1 saturated carbocycles. The van der Waals surface area contributed by atoms with Crippen molar-refractivity contribution in [2.75, 3.05) is 6.54 Å². The van der Waals surface area contributed by atoms with Crippen molar-refractivity contribution in [2.45, 2.75) is 57.8 Å². The smallest absolute Gasteiger partial charge is 0.410 e. The topological polar surface area (TPSA) is 49.8 Å². The van der Waals surface area contributed by atoms with Crippen molar-refractivity contribution in [1.82, 2.24) is 4.90 Å². The molecular formula is C12H21NO3. The molecule has 2 aliphatic rings. The van der Waals surface area contributed by atoms with Crippen LogP contribution in [0, 0.1) is 5.92 Å². The minimum absolute atomic E-state index is 0.184. The molecule has 16 heavy (non-hydrogen) atoms. The second-order valence-corrected chi connectivity index (χ2v) is 6.01. The number of carbonyl (C=O) groups excluding carboxylic acids is 1. The number of amides is 1. The quantitative estimate of drug-likeness (QED) is 0.686. The molecule has 0 radical (unpaired) electrons. The zero-order valence-electron chi connectivity index (χ0n) is 10.3. The van der Waals surface area contributed by atoms with E-state index in [4.69, 9.17) is 4.74 Å². The molecule has 2 rings (SSSR count). The van der Waals surface area contributed by atoms with Crippen LogP contribution in [0.4, 0.5) is 4.79 Å². The van der Waals surface area contributed by atoms with E-state index < -0.39 is 5.60 Å². The molecule has 1 amide bonds. The van der Waals surface area contributed by atoms with Gasteiger partial charge in [-0.05, 0) is 46.0 Å². The number of rotatable bonds is 0. The predicted molar refractivity (Wildman–Crippen MR) is 60.1 cm³/mol. The van der Waals surface area contributed by atoms with Crippen molar-refractivity contribution in [2.24, 2.45) is 5.92 Å². The largest absolute Gasteiger partial charge is 0.444 e. The first-order valence-electron chi connectivity index (χ1n) is 6.03. The molecule has 3 atom stereocenters. The summed E-state index contributed by atoms with van der Waals surface area (Å²) in [7, 11) is 0. The van der Waals surface area contributed by atoms with Gasteiger partial charge in [-0.25, -0.2) is 4.79 Å². The number of aliphatic hydroxyl groups excluding tert-OH is 1.